The minimum Gasteiger partial charge on any atom is -0.494 e. The molecule has 0 saturated carbocycles. The topological polar surface area (TPSA) is 61.8 Å². The van der Waals surface area contributed by atoms with Gasteiger partial charge in [0.05, 0.1) is 20.3 Å². The fourth-order valence-electron chi connectivity index (χ4n) is 2.46. The van der Waals surface area contributed by atoms with Crippen LogP contribution in [0.15, 0.2) is 23.8 Å². The van der Waals surface area contributed by atoms with Gasteiger partial charge < -0.3 is 14.2 Å². The molecule has 1 aromatic rings. The summed E-state index contributed by atoms with van der Waals surface area (Å²) in [7, 11) is 1.40. The molecule has 23 heavy (non-hydrogen) atoms. The number of unbranched alkanes of at least 4 members (excludes halogenated alkanes) is 1. The van der Waals surface area contributed by atoms with Gasteiger partial charge in [-0.25, -0.2) is 4.79 Å². The summed E-state index contributed by atoms with van der Waals surface area (Å²) in [4.78, 5) is 22.2. The molecule has 0 atom stereocenters. The van der Waals surface area contributed by atoms with Gasteiger partial charge in [-0.3, -0.25) is 4.79 Å². The molecule has 2 rings (SSSR count). The summed E-state index contributed by atoms with van der Waals surface area (Å²) in [6.07, 6.45) is 4.99. The molecule has 0 amide bonds. The standard InChI is InChI=1S/C18H22O5/c1-13(19)22-9-3-4-10-23-17-8-7-14-11-16(18(20)21-2)6-5-15(14)12-17/h7-8,11-12H,3-6,9-10H2,1-2H3. The average molecular weight is 318 g/mol. The molecule has 0 fully saturated rings. The predicted molar refractivity (Wildman–Crippen MR) is 86.1 cm³/mol. The lowest BCUT2D eigenvalue weighted by Gasteiger charge is -2.16. The molecule has 0 heterocycles. The third-order valence-corrected chi connectivity index (χ3v) is 3.67. The lowest BCUT2D eigenvalue weighted by molar-refractivity contribution is -0.141. The number of esters is 2. The molecule has 1 aromatic carbocycles. The number of fused-ring (bicyclic) bond motifs is 1. The molecule has 0 radical (unpaired) electrons. The normalized spacial score (nSPS) is 12.9. The predicted octanol–water partition coefficient (Wildman–Crippen LogP) is 2.91. The van der Waals surface area contributed by atoms with Crippen molar-refractivity contribution in [1.29, 1.82) is 0 Å². The van der Waals surface area contributed by atoms with E-state index in [0.29, 0.717) is 25.2 Å². The minimum atomic E-state index is -0.260. The number of ether oxygens (including phenoxy) is 3. The van der Waals surface area contributed by atoms with Crippen molar-refractivity contribution in [3.63, 3.8) is 0 Å². The third-order valence-electron chi connectivity index (χ3n) is 3.67. The number of carbonyl (C=O) groups excluding carboxylic acids is 2. The molecular formula is C18H22O5. The van der Waals surface area contributed by atoms with Gasteiger partial charge in [0.2, 0.25) is 0 Å². The highest BCUT2D eigenvalue weighted by molar-refractivity contribution is 5.94. The maximum Gasteiger partial charge on any atom is 0.333 e. The van der Waals surface area contributed by atoms with Crippen LogP contribution < -0.4 is 4.74 Å². The Hall–Kier alpha value is -2.30. The van der Waals surface area contributed by atoms with Crippen LogP contribution >= 0.6 is 0 Å². The Bertz CT molecular complexity index is 603. The van der Waals surface area contributed by atoms with Crippen LogP contribution in [0.1, 0.15) is 37.3 Å². The van der Waals surface area contributed by atoms with Crippen molar-refractivity contribution in [2.75, 3.05) is 20.3 Å². The van der Waals surface area contributed by atoms with Crippen molar-refractivity contribution in [1.82, 2.24) is 0 Å². The molecule has 5 nitrogen and oxygen atoms in total. The van der Waals surface area contributed by atoms with Crippen LogP contribution in [0.4, 0.5) is 0 Å². The first-order chi connectivity index (χ1) is 11.1. The van der Waals surface area contributed by atoms with Gasteiger partial charge in [-0.1, -0.05) is 6.07 Å². The lowest BCUT2D eigenvalue weighted by atomic mass is 9.92. The first kappa shape index (κ1) is 17.1. The Labute approximate surface area is 136 Å². The van der Waals surface area contributed by atoms with Crippen molar-refractivity contribution in [2.45, 2.75) is 32.6 Å². The van der Waals surface area contributed by atoms with Gasteiger partial charge in [0.25, 0.3) is 0 Å². The van der Waals surface area contributed by atoms with E-state index in [1.165, 1.54) is 19.6 Å². The SMILES string of the molecule is COC(=O)C1=Cc2ccc(OCCCCOC(C)=O)cc2CC1. The highest BCUT2D eigenvalue weighted by atomic mass is 16.5. The summed E-state index contributed by atoms with van der Waals surface area (Å²) < 4.78 is 15.4. The number of carbonyl (C=O) groups is 2. The zero-order valence-electron chi connectivity index (χ0n) is 13.6. The summed E-state index contributed by atoms with van der Waals surface area (Å²) in [6.45, 7) is 2.43. The Kier molecular flexibility index (Phi) is 6.20. The zero-order chi connectivity index (χ0) is 16.7. The number of benzene rings is 1. The second-order valence-corrected chi connectivity index (χ2v) is 5.42. The van der Waals surface area contributed by atoms with E-state index in [9.17, 15) is 9.59 Å². The molecule has 0 aromatic heterocycles. The third kappa shape index (κ3) is 5.13. The van der Waals surface area contributed by atoms with E-state index in [0.717, 1.165) is 30.6 Å². The molecule has 0 unspecified atom stereocenters. The van der Waals surface area contributed by atoms with Crippen molar-refractivity contribution in [2.24, 2.45) is 0 Å². The second kappa shape index (κ2) is 8.36. The highest BCUT2D eigenvalue weighted by Crippen LogP contribution is 2.28. The molecule has 5 heteroatoms. The van der Waals surface area contributed by atoms with Crippen LogP contribution in [0.25, 0.3) is 6.08 Å². The highest BCUT2D eigenvalue weighted by Gasteiger charge is 2.16. The summed E-state index contributed by atoms with van der Waals surface area (Å²) in [5.74, 6) is 0.315. The Morgan fingerprint density at radius 2 is 1.91 bits per heavy atom. The van der Waals surface area contributed by atoms with E-state index in [4.69, 9.17) is 14.2 Å². The zero-order valence-corrected chi connectivity index (χ0v) is 13.6. The van der Waals surface area contributed by atoms with Gasteiger partial charge in [-0.2, -0.15) is 0 Å². The summed E-state index contributed by atoms with van der Waals surface area (Å²) in [6, 6.07) is 5.89. The summed E-state index contributed by atoms with van der Waals surface area (Å²) in [5.41, 5.74) is 2.92. The van der Waals surface area contributed by atoms with Gasteiger partial charge in [-0.05, 0) is 55.0 Å². The van der Waals surface area contributed by atoms with Crippen molar-refractivity contribution in [3.05, 3.63) is 34.9 Å². The maximum atomic E-state index is 11.6. The van der Waals surface area contributed by atoms with E-state index in [-0.39, 0.29) is 11.9 Å². The smallest absolute Gasteiger partial charge is 0.333 e. The molecule has 124 valence electrons. The van der Waals surface area contributed by atoms with Crippen LogP contribution in [0, 0.1) is 0 Å². The maximum absolute atomic E-state index is 11.6. The van der Waals surface area contributed by atoms with Crippen LogP contribution in [0.3, 0.4) is 0 Å². The molecule has 0 saturated heterocycles. The first-order valence-corrected chi connectivity index (χ1v) is 7.78. The number of hydrogen-bond acceptors (Lipinski definition) is 5. The number of rotatable bonds is 7. The van der Waals surface area contributed by atoms with Gasteiger partial charge in [-0.15, -0.1) is 0 Å². The number of aryl methyl sites for hydroxylation is 1. The number of methoxy groups -OCH3 is 1. The van der Waals surface area contributed by atoms with Crippen LogP contribution in [-0.4, -0.2) is 32.3 Å². The van der Waals surface area contributed by atoms with Crippen molar-refractivity contribution >= 4 is 18.0 Å². The summed E-state index contributed by atoms with van der Waals surface area (Å²) >= 11 is 0. The van der Waals surface area contributed by atoms with Crippen LogP contribution in [-0.2, 0) is 25.5 Å². The summed E-state index contributed by atoms with van der Waals surface area (Å²) in [5, 5.41) is 0. The minimum absolute atomic E-state index is 0.250. The largest absolute Gasteiger partial charge is 0.494 e. The molecule has 0 spiro atoms. The fourth-order valence-corrected chi connectivity index (χ4v) is 2.46. The molecule has 0 N–H and O–H groups in total. The Morgan fingerprint density at radius 3 is 2.65 bits per heavy atom. The Morgan fingerprint density at radius 1 is 1.13 bits per heavy atom. The van der Waals surface area contributed by atoms with E-state index in [1.807, 2.05) is 24.3 Å². The van der Waals surface area contributed by atoms with Gasteiger partial charge >= 0.3 is 11.9 Å². The van der Waals surface area contributed by atoms with E-state index in [1.54, 1.807) is 0 Å². The van der Waals surface area contributed by atoms with Crippen molar-refractivity contribution in [3.8, 4) is 5.75 Å². The fraction of sp³-hybridized carbons (Fsp3) is 0.444. The second-order valence-electron chi connectivity index (χ2n) is 5.42. The van der Waals surface area contributed by atoms with Crippen LogP contribution in [0.5, 0.6) is 5.75 Å². The molecule has 0 bridgehead atoms. The Balaban J connectivity index is 1.84. The van der Waals surface area contributed by atoms with E-state index >= 15 is 0 Å². The molecule has 0 aliphatic heterocycles. The van der Waals surface area contributed by atoms with E-state index < -0.39 is 0 Å². The van der Waals surface area contributed by atoms with Gasteiger partial charge in [0, 0.05) is 12.5 Å². The van der Waals surface area contributed by atoms with Gasteiger partial charge in [0.15, 0.2) is 0 Å². The monoisotopic (exact) mass is 318 g/mol. The van der Waals surface area contributed by atoms with Gasteiger partial charge in [0.1, 0.15) is 5.75 Å². The quantitative estimate of drug-likeness (QED) is 0.571. The first-order valence-electron chi connectivity index (χ1n) is 7.78. The molecule has 1 aliphatic carbocycles. The number of hydrogen-bond donors (Lipinski definition) is 0. The molecular weight excluding hydrogens is 296 g/mol. The lowest BCUT2D eigenvalue weighted by Crippen LogP contribution is -2.10. The molecule has 1 aliphatic rings. The van der Waals surface area contributed by atoms with E-state index in [2.05, 4.69) is 0 Å². The van der Waals surface area contributed by atoms with Crippen molar-refractivity contribution < 1.29 is 23.8 Å². The average Bonchev–Trinajstić information content (AvgIpc) is 2.56. The van der Waals surface area contributed by atoms with Crippen LogP contribution in [0.2, 0.25) is 0 Å².